The minimum Gasteiger partial charge on any atom is -0.444 e. The van der Waals surface area contributed by atoms with E-state index in [1.54, 1.807) is 29.2 Å². The van der Waals surface area contributed by atoms with Crippen LogP contribution in [0.15, 0.2) is 66.7 Å². The molecule has 3 nitrogen and oxygen atoms in total. The molecule has 0 unspecified atom stereocenters. The zero-order valence-corrected chi connectivity index (χ0v) is 19.7. The van der Waals surface area contributed by atoms with Gasteiger partial charge in [-0.05, 0) is 61.7 Å². The van der Waals surface area contributed by atoms with Crippen molar-refractivity contribution >= 4 is 6.09 Å². The zero-order valence-electron chi connectivity index (χ0n) is 19.7. The van der Waals surface area contributed by atoms with E-state index >= 15 is 0 Å². The van der Waals surface area contributed by atoms with Gasteiger partial charge in [0.25, 0.3) is 0 Å². The summed E-state index contributed by atoms with van der Waals surface area (Å²) in [5.74, 6) is -1.71. The third-order valence-electron chi connectivity index (χ3n) is 6.41. The van der Waals surface area contributed by atoms with Crippen molar-refractivity contribution in [3.63, 3.8) is 0 Å². The van der Waals surface area contributed by atoms with Gasteiger partial charge in [0, 0.05) is 24.4 Å². The molecule has 4 rings (SSSR count). The Hall–Kier alpha value is -3.28. The van der Waals surface area contributed by atoms with Gasteiger partial charge in [-0.25, -0.2) is 18.0 Å². The first-order chi connectivity index (χ1) is 16.0. The molecule has 1 heterocycles. The Morgan fingerprint density at radius 2 is 1.53 bits per heavy atom. The molecule has 0 saturated carbocycles. The van der Waals surface area contributed by atoms with E-state index in [2.05, 4.69) is 0 Å². The van der Waals surface area contributed by atoms with Crippen LogP contribution in [-0.2, 0) is 10.2 Å². The summed E-state index contributed by atoms with van der Waals surface area (Å²) >= 11 is 0. The van der Waals surface area contributed by atoms with E-state index in [0.29, 0.717) is 18.7 Å². The molecule has 3 aromatic rings. The van der Waals surface area contributed by atoms with Crippen molar-refractivity contribution < 1.29 is 22.7 Å². The fraction of sp³-hybridized carbons (Fsp3) is 0.321. The molecule has 0 aliphatic carbocycles. The molecule has 0 spiro atoms. The molecule has 178 valence electrons. The summed E-state index contributed by atoms with van der Waals surface area (Å²) in [6.45, 7) is 8.28. The maximum atomic E-state index is 14.3. The Balaban J connectivity index is 1.71. The topological polar surface area (TPSA) is 29.5 Å². The summed E-state index contributed by atoms with van der Waals surface area (Å²) in [4.78, 5) is 14.6. The number of halogens is 3. The molecule has 0 bridgehead atoms. The van der Waals surface area contributed by atoms with Gasteiger partial charge in [-0.1, -0.05) is 49.4 Å². The summed E-state index contributed by atoms with van der Waals surface area (Å²) in [7, 11) is 0. The monoisotopic (exact) mass is 467 g/mol. The third-order valence-corrected chi connectivity index (χ3v) is 6.41. The molecular weight excluding hydrogens is 439 g/mol. The highest BCUT2D eigenvalue weighted by molar-refractivity contribution is 5.70. The van der Waals surface area contributed by atoms with Gasteiger partial charge in [-0.2, -0.15) is 0 Å². The van der Waals surface area contributed by atoms with E-state index in [0.717, 1.165) is 11.1 Å². The molecule has 0 N–H and O–H groups in total. The number of ether oxygens (including phenoxy) is 1. The van der Waals surface area contributed by atoms with Crippen LogP contribution in [0.2, 0.25) is 0 Å². The van der Waals surface area contributed by atoms with Crippen LogP contribution in [0.4, 0.5) is 18.0 Å². The van der Waals surface area contributed by atoms with Crippen molar-refractivity contribution in [1.82, 2.24) is 4.90 Å². The number of hydrogen-bond donors (Lipinski definition) is 0. The van der Waals surface area contributed by atoms with Gasteiger partial charge in [0.2, 0.25) is 0 Å². The van der Waals surface area contributed by atoms with E-state index in [4.69, 9.17) is 4.74 Å². The van der Waals surface area contributed by atoms with Crippen LogP contribution in [0.5, 0.6) is 0 Å². The molecule has 1 aliphatic heterocycles. The van der Waals surface area contributed by atoms with Gasteiger partial charge in [0.1, 0.15) is 23.1 Å². The number of rotatable bonds is 3. The highest BCUT2D eigenvalue weighted by Crippen LogP contribution is 2.46. The average Bonchev–Trinajstić information content (AvgIpc) is 3.12. The molecule has 1 saturated heterocycles. The van der Waals surface area contributed by atoms with E-state index in [1.165, 1.54) is 30.3 Å². The van der Waals surface area contributed by atoms with Crippen LogP contribution in [0, 0.1) is 17.5 Å². The normalized spacial score (nSPS) is 20.4. The number of hydrogen-bond acceptors (Lipinski definition) is 2. The second kappa shape index (κ2) is 8.82. The summed E-state index contributed by atoms with van der Waals surface area (Å²) in [5.41, 5.74) is 1.03. The van der Waals surface area contributed by atoms with Gasteiger partial charge < -0.3 is 9.64 Å². The van der Waals surface area contributed by atoms with Crippen molar-refractivity contribution in [2.45, 2.75) is 44.6 Å². The van der Waals surface area contributed by atoms with Crippen LogP contribution in [0.25, 0.3) is 11.1 Å². The molecule has 0 radical (unpaired) electrons. The van der Waals surface area contributed by atoms with Crippen LogP contribution >= 0.6 is 0 Å². The molecule has 6 heteroatoms. The van der Waals surface area contributed by atoms with Crippen molar-refractivity contribution in [3.8, 4) is 11.1 Å². The Morgan fingerprint density at radius 3 is 2.09 bits per heavy atom. The molecule has 0 aromatic heterocycles. The molecule has 1 fully saturated rings. The first kappa shape index (κ1) is 23.9. The Morgan fingerprint density at radius 1 is 0.941 bits per heavy atom. The summed E-state index contributed by atoms with van der Waals surface area (Å²) in [6, 6.07) is 17.2. The number of nitrogens with zero attached hydrogens (tertiary/aromatic N) is 1. The van der Waals surface area contributed by atoms with Crippen molar-refractivity contribution in [3.05, 3.63) is 95.3 Å². The number of amides is 1. The van der Waals surface area contributed by atoms with E-state index in [9.17, 15) is 18.0 Å². The lowest BCUT2D eigenvalue weighted by Crippen LogP contribution is -2.37. The first-order valence-electron chi connectivity index (χ1n) is 11.3. The predicted molar refractivity (Wildman–Crippen MR) is 126 cm³/mol. The molecule has 2 atom stereocenters. The lowest BCUT2D eigenvalue weighted by molar-refractivity contribution is 0.0284. The maximum absolute atomic E-state index is 14.3. The summed E-state index contributed by atoms with van der Waals surface area (Å²) in [5, 5.41) is 0. The smallest absolute Gasteiger partial charge is 0.410 e. The summed E-state index contributed by atoms with van der Waals surface area (Å²) in [6.07, 6.45) is -0.409. The standard InChI is InChI=1S/C28H28F3NO2/c1-27(2,3)34-26(33)32-16-22(28(4,17-32)20-12-14-21(29)15-13-20)18-8-10-19(11-9-18)25-23(30)6-5-7-24(25)31/h5-15,22H,16-17H2,1-4H3/t22-,28+/m0/s1. The van der Waals surface area contributed by atoms with Gasteiger partial charge >= 0.3 is 6.09 Å². The molecule has 3 aromatic carbocycles. The SMILES string of the molecule is CC(C)(C)OC(=O)N1C[C@@H](c2ccc(-c3c(F)cccc3F)cc2)[C@@](C)(c2ccc(F)cc2)C1. The van der Waals surface area contributed by atoms with Crippen LogP contribution in [0.3, 0.4) is 0 Å². The van der Waals surface area contributed by atoms with Crippen LogP contribution in [0.1, 0.15) is 44.7 Å². The quantitative estimate of drug-likeness (QED) is 0.413. The maximum Gasteiger partial charge on any atom is 0.410 e. The lowest BCUT2D eigenvalue weighted by atomic mass is 9.71. The van der Waals surface area contributed by atoms with E-state index in [-0.39, 0.29) is 17.3 Å². The first-order valence-corrected chi connectivity index (χ1v) is 11.3. The van der Waals surface area contributed by atoms with Crippen LogP contribution < -0.4 is 0 Å². The van der Waals surface area contributed by atoms with Gasteiger partial charge in [0.15, 0.2) is 0 Å². The Bertz CT molecular complexity index is 1170. The molecular formula is C28H28F3NO2. The van der Waals surface area contributed by atoms with Crippen molar-refractivity contribution in [2.24, 2.45) is 0 Å². The minimum absolute atomic E-state index is 0.0721. The average molecular weight is 468 g/mol. The van der Waals surface area contributed by atoms with E-state index in [1.807, 2.05) is 39.8 Å². The van der Waals surface area contributed by atoms with Crippen LogP contribution in [-0.4, -0.2) is 29.7 Å². The van der Waals surface area contributed by atoms with Gasteiger partial charge in [-0.15, -0.1) is 0 Å². The highest BCUT2D eigenvalue weighted by Gasteiger charge is 2.47. The van der Waals surface area contributed by atoms with Gasteiger partial charge in [0.05, 0.1) is 5.56 Å². The number of carbonyl (C=O) groups excluding carboxylic acids is 1. The largest absolute Gasteiger partial charge is 0.444 e. The lowest BCUT2D eigenvalue weighted by Gasteiger charge is -2.31. The second-order valence-electron chi connectivity index (χ2n) is 10.1. The molecule has 1 amide bonds. The number of likely N-dealkylation sites (tertiary alicyclic amines) is 1. The fourth-order valence-corrected chi connectivity index (χ4v) is 4.71. The van der Waals surface area contributed by atoms with E-state index < -0.39 is 28.7 Å². The minimum atomic E-state index is -0.632. The number of benzene rings is 3. The molecule has 1 aliphatic rings. The predicted octanol–water partition coefficient (Wildman–Crippen LogP) is 7.06. The Kier molecular flexibility index (Phi) is 6.19. The Labute approximate surface area is 198 Å². The summed E-state index contributed by atoms with van der Waals surface area (Å²) < 4.78 is 47.8. The molecule has 34 heavy (non-hydrogen) atoms. The highest BCUT2D eigenvalue weighted by atomic mass is 19.1. The van der Waals surface area contributed by atoms with Gasteiger partial charge in [-0.3, -0.25) is 0 Å². The van der Waals surface area contributed by atoms with Crippen molar-refractivity contribution in [2.75, 3.05) is 13.1 Å². The van der Waals surface area contributed by atoms with Crippen molar-refractivity contribution in [1.29, 1.82) is 0 Å². The fourth-order valence-electron chi connectivity index (χ4n) is 4.71. The third kappa shape index (κ3) is 4.67. The second-order valence-corrected chi connectivity index (χ2v) is 10.1. The number of carbonyl (C=O) groups is 1. The zero-order chi connectivity index (χ0) is 24.7.